The molecule has 0 aromatic heterocycles. The van der Waals surface area contributed by atoms with Crippen molar-refractivity contribution in [2.45, 2.75) is 63.6 Å². The second-order valence-corrected chi connectivity index (χ2v) is 10.4. The van der Waals surface area contributed by atoms with Gasteiger partial charge >= 0.3 is 0 Å². The van der Waals surface area contributed by atoms with Crippen molar-refractivity contribution < 1.29 is 19.7 Å². The Morgan fingerprint density at radius 3 is 2.48 bits per heavy atom. The number of hydrogen-bond acceptors (Lipinski definition) is 5. The molecule has 2 fully saturated rings. The molecule has 0 radical (unpaired) electrons. The second kappa shape index (κ2) is 10.1. The van der Waals surface area contributed by atoms with Gasteiger partial charge in [-0.05, 0) is 80.7 Å². The third-order valence-electron chi connectivity index (χ3n) is 7.41. The van der Waals surface area contributed by atoms with Crippen LogP contribution in [0.1, 0.15) is 53.9 Å². The molecule has 1 heterocycles. The van der Waals surface area contributed by atoms with Crippen molar-refractivity contribution in [3.05, 3.63) is 64.7 Å². The van der Waals surface area contributed by atoms with Crippen molar-refractivity contribution in [1.82, 2.24) is 4.90 Å². The van der Waals surface area contributed by atoms with Crippen molar-refractivity contribution in [3.63, 3.8) is 0 Å². The normalized spacial score (nSPS) is 28.9. The van der Waals surface area contributed by atoms with Gasteiger partial charge in [0, 0.05) is 19.6 Å². The van der Waals surface area contributed by atoms with Gasteiger partial charge in [-0.15, -0.1) is 0 Å². The third-order valence-corrected chi connectivity index (χ3v) is 7.41. The molecule has 2 N–H and O–H groups in total. The number of hydrogen-bond donors (Lipinski definition) is 2. The lowest BCUT2D eigenvalue weighted by molar-refractivity contribution is -0.0767. The fourth-order valence-corrected chi connectivity index (χ4v) is 5.37. The molecule has 1 unspecified atom stereocenters. The fraction of sp³-hybridized carbons (Fsp3) is 0.571. The Morgan fingerprint density at radius 2 is 1.76 bits per heavy atom. The lowest BCUT2D eigenvalue weighted by Crippen LogP contribution is -2.53. The summed E-state index contributed by atoms with van der Waals surface area (Å²) in [5, 5.41) is 22.7. The van der Waals surface area contributed by atoms with Gasteiger partial charge in [0.25, 0.3) is 0 Å². The Labute approximate surface area is 198 Å². The van der Waals surface area contributed by atoms with Crippen LogP contribution in [0.15, 0.2) is 42.5 Å². The minimum absolute atomic E-state index is 0.168. The Kier molecular flexibility index (Phi) is 7.44. The molecular weight excluding hydrogens is 414 g/mol. The highest BCUT2D eigenvalue weighted by Crippen LogP contribution is 2.38. The summed E-state index contributed by atoms with van der Waals surface area (Å²) >= 11 is 0. The Bertz CT molecular complexity index is 923. The van der Waals surface area contributed by atoms with E-state index in [1.54, 1.807) is 0 Å². The van der Waals surface area contributed by atoms with Gasteiger partial charge < -0.3 is 19.7 Å². The van der Waals surface area contributed by atoms with Crippen LogP contribution < -0.4 is 4.74 Å². The lowest BCUT2D eigenvalue weighted by Gasteiger charge is -2.40. The van der Waals surface area contributed by atoms with Crippen molar-refractivity contribution in [1.29, 1.82) is 0 Å². The van der Waals surface area contributed by atoms with E-state index in [2.05, 4.69) is 55.1 Å². The van der Waals surface area contributed by atoms with Gasteiger partial charge in [0.2, 0.25) is 0 Å². The van der Waals surface area contributed by atoms with E-state index in [1.807, 2.05) is 13.0 Å². The largest absolute Gasteiger partial charge is 0.490 e. The zero-order valence-electron chi connectivity index (χ0n) is 20.3. The molecule has 1 atom stereocenters. The zero-order valence-corrected chi connectivity index (χ0v) is 20.3. The molecule has 5 nitrogen and oxygen atoms in total. The van der Waals surface area contributed by atoms with Gasteiger partial charge in [0.05, 0.1) is 18.8 Å². The summed E-state index contributed by atoms with van der Waals surface area (Å²) < 4.78 is 11.9. The van der Waals surface area contributed by atoms with Crippen LogP contribution in [0.2, 0.25) is 0 Å². The van der Waals surface area contributed by atoms with E-state index in [-0.39, 0.29) is 13.2 Å². The predicted octanol–water partition coefficient (Wildman–Crippen LogP) is 4.14. The standard InChI is InChI=1S/C28H39NO4/c1-21-15-22(2)23(3)26(16-21)33-20-28(31)18-29(13-14-32-19-28)17-27(30)11-9-25(10-12-27)24-7-5-4-6-8-24/h4-8,15-16,25,30-31H,9-14,17-20H2,1-3H3. The SMILES string of the molecule is Cc1cc(C)c(C)c(OCC2(O)COCCN(CC3(O)CCC(c4ccccc4)CC3)C2)c1. The van der Waals surface area contributed by atoms with Gasteiger partial charge in [-0.1, -0.05) is 36.4 Å². The van der Waals surface area contributed by atoms with Crippen LogP contribution in [-0.4, -0.2) is 65.8 Å². The first-order chi connectivity index (χ1) is 15.8. The van der Waals surface area contributed by atoms with Crippen molar-refractivity contribution in [2.24, 2.45) is 0 Å². The molecule has 0 spiro atoms. The van der Waals surface area contributed by atoms with Crippen LogP contribution in [0.5, 0.6) is 5.75 Å². The molecule has 180 valence electrons. The fourth-order valence-electron chi connectivity index (χ4n) is 5.37. The van der Waals surface area contributed by atoms with Gasteiger partial charge in [-0.25, -0.2) is 0 Å². The minimum atomic E-state index is -1.11. The highest BCUT2D eigenvalue weighted by molar-refractivity contribution is 5.42. The molecule has 0 amide bonds. The number of benzene rings is 2. The number of ether oxygens (including phenoxy) is 2. The van der Waals surface area contributed by atoms with Crippen LogP contribution in [-0.2, 0) is 4.74 Å². The lowest BCUT2D eigenvalue weighted by atomic mass is 9.76. The first-order valence-corrected chi connectivity index (χ1v) is 12.3. The van der Waals surface area contributed by atoms with Crippen LogP contribution in [0.3, 0.4) is 0 Å². The summed E-state index contributed by atoms with van der Waals surface area (Å²) in [7, 11) is 0. The summed E-state index contributed by atoms with van der Waals surface area (Å²) in [6.45, 7) is 8.83. The van der Waals surface area contributed by atoms with E-state index in [1.165, 1.54) is 11.1 Å². The van der Waals surface area contributed by atoms with E-state index in [0.29, 0.717) is 32.2 Å². The highest BCUT2D eigenvalue weighted by atomic mass is 16.5. The summed E-state index contributed by atoms with van der Waals surface area (Å²) in [5.41, 5.74) is 2.96. The maximum Gasteiger partial charge on any atom is 0.134 e. The summed E-state index contributed by atoms with van der Waals surface area (Å²) in [6.07, 6.45) is 3.54. The van der Waals surface area contributed by atoms with E-state index >= 15 is 0 Å². The maximum atomic E-state index is 11.4. The average molecular weight is 454 g/mol. The van der Waals surface area contributed by atoms with E-state index in [4.69, 9.17) is 9.47 Å². The molecule has 1 aliphatic carbocycles. The number of aryl methyl sites for hydroxylation is 2. The van der Waals surface area contributed by atoms with Crippen molar-refractivity contribution in [3.8, 4) is 5.75 Å². The monoisotopic (exact) mass is 453 g/mol. The molecule has 4 rings (SSSR count). The first-order valence-electron chi connectivity index (χ1n) is 12.3. The second-order valence-electron chi connectivity index (χ2n) is 10.4. The third kappa shape index (κ3) is 6.15. The molecule has 2 aromatic rings. The predicted molar refractivity (Wildman–Crippen MR) is 131 cm³/mol. The first kappa shape index (κ1) is 24.2. The van der Waals surface area contributed by atoms with E-state index in [9.17, 15) is 10.2 Å². The minimum Gasteiger partial charge on any atom is -0.490 e. The number of rotatable bonds is 6. The number of aliphatic hydroxyl groups is 2. The Morgan fingerprint density at radius 1 is 1.03 bits per heavy atom. The Hall–Kier alpha value is -1.92. The number of nitrogens with zero attached hydrogens (tertiary/aromatic N) is 1. The highest BCUT2D eigenvalue weighted by Gasteiger charge is 2.39. The molecular formula is C28H39NO4. The smallest absolute Gasteiger partial charge is 0.134 e. The summed E-state index contributed by atoms with van der Waals surface area (Å²) in [4.78, 5) is 2.16. The van der Waals surface area contributed by atoms with Crippen molar-refractivity contribution in [2.75, 3.05) is 39.5 Å². The molecule has 1 aliphatic heterocycles. The van der Waals surface area contributed by atoms with Crippen LogP contribution in [0.25, 0.3) is 0 Å². The van der Waals surface area contributed by atoms with Gasteiger partial charge in [0.15, 0.2) is 0 Å². The van der Waals surface area contributed by atoms with Crippen LogP contribution in [0, 0.1) is 20.8 Å². The topological polar surface area (TPSA) is 62.2 Å². The Balaban J connectivity index is 1.36. The van der Waals surface area contributed by atoms with E-state index in [0.717, 1.165) is 42.6 Å². The molecule has 5 heteroatoms. The molecule has 0 bridgehead atoms. The van der Waals surface area contributed by atoms with Crippen molar-refractivity contribution >= 4 is 0 Å². The summed E-state index contributed by atoms with van der Waals surface area (Å²) in [5.74, 6) is 1.33. The van der Waals surface area contributed by atoms with Crippen LogP contribution in [0.4, 0.5) is 0 Å². The molecule has 2 aliphatic rings. The van der Waals surface area contributed by atoms with Gasteiger partial charge in [-0.2, -0.15) is 0 Å². The molecule has 2 aromatic carbocycles. The molecule has 33 heavy (non-hydrogen) atoms. The zero-order chi connectivity index (χ0) is 23.5. The van der Waals surface area contributed by atoms with Gasteiger partial charge in [0.1, 0.15) is 18.0 Å². The van der Waals surface area contributed by atoms with Gasteiger partial charge in [-0.3, -0.25) is 4.90 Å². The molecule has 1 saturated carbocycles. The number of β-amino-alcohol motifs (C(OH)–C–C–N with tert-alkyl or cyclic N) is 2. The quantitative estimate of drug-likeness (QED) is 0.688. The van der Waals surface area contributed by atoms with E-state index < -0.39 is 11.2 Å². The van der Waals surface area contributed by atoms with Crippen LogP contribution >= 0.6 is 0 Å². The maximum absolute atomic E-state index is 11.4. The summed E-state index contributed by atoms with van der Waals surface area (Å²) in [6, 6.07) is 14.8. The molecule has 1 saturated heterocycles. The average Bonchev–Trinajstić information content (AvgIpc) is 2.97.